The van der Waals surface area contributed by atoms with Gasteiger partial charge in [-0.3, -0.25) is 4.21 Å². The van der Waals surface area contributed by atoms with Crippen molar-refractivity contribution < 1.29 is 8.76 Å². The van der Waals surface area contributed by atoms with Gasteiger partial charge in [0, 0.05) is 4.90 Å². The molecule has 3 heteroatoms. The molecule has 0 aromatic heterocycles. The Labute approximate surface area is 87.6 Å². The van der Waals surface area contributed by atoms with E-state index in [1.165, 1.54) is 5.56 Å². The third-order valence-corrected chi connectivity index (χ3v) is 3.02. The summed E-state index contributed by atoms with van der Waals surface area (Å²) in [7, 11) is 0. The molecule has 14 heavy (non-hydrogen) atoms. The molecule has 0 bridgehead atoms. The highest BCUT2D eigenvalue weighted by Crippen LogP contribution is 2.21. The normalized spacial score (nSPS) is 15.1. The zero-order valence-electron chi connectivity index (χ0n) is 8.53. The predicted octanol–water partition coefficient (Wildman–Crippen LogP) is 2.83. The third-order valence-electron chi connectivity index (χ3n) is 2.36. The van der Waals surface area contributed by atoms with E-state index in [-0.39, 0.29) is 0 Å². The van der Waals surface area contributed by atoms with Gasteiger partial charge in [0.05, 0.1) is 0 Å². The highest BCUT2D eigenvalue weighted by atomic mass is 32.2. The van der Waals surface area contributed by atoms with E-state index in [9.17, 15) is 8.76 Å². The van der Waals surface area contributed by atoms with Gasteiger partial charge in [-0.05, 0) is 41.1 Å². The Bertz CT molecular complexity index is 306. The van der Waals surface area contributed by atoms with E-state index in [1.54, 1.807) is 12.1 Å². The predicted molar refractivity (Wildman–Crippen MR) is 57.0 cm³/mol. The van der Waals surface area contributed by atoms with E-state index < -0.39 is 11.1 Å². The number of rotatable bonds is 4. The fourth-order valence-electron chi connectivity index (χ4n) is 1.51. The molecule has 2 unspecified atom stereocenters. The quantitative estimate of drug-likeness (QED) is 0.718. The Kier molecular flexibility index (Phi) is 4.29. The molecule has 0 aliphatic carbocycles. The maximum atomic E-state index is 10.6. The van der Waals surface area contributed by atoms with Crippen molar-refractivity contribution in [3.05, 3.63) is 29.8 Å². The molecule has 0 aliphatic rings. The average molecular weight is 211 g/mol. The molecule has 0 radical (unpaired) electrons. The minimum Gasteiger partial charge on any atom is -0.768 e. The molecule has 0 N–H and O–H groups in total. The van der Waals surface area contributed by atoms with Crippen molar-refractivity contribution in [1.29, 1.82) is 0 Å². The number of benzene rings is 1. The number of hydrogen-bond acceptors (Lipinski definition) is 2. The molecule has 2 atom stereocenters. The van der Waals surface area contributed by atoms with Gasteiger partial charge < -0.3 is 4.55 Å². The van der Waals surface area contributed by atoms with Crippen LogP contribution in [0.4, 0.5) is 0 Å². The summed E-state index contributed by atoms with van der Waals surface area (Å²) in [4.78, 5) is 0.359. The van der Waals surface area contributed by atoms with E-state index in [1.807, 2.05) is 12.1 Å². The molecule has 1 aromatic rings. The van der Waals surface area contributed by atoms with Crippen LogP contribution in [0.2, 0.25) is 0 Å². The molecule has 1 aromatic carbocycles. The molecule has 0 spiro atoms. The van der Waals surface area contributed by atoms with Gasteiger partial charge in [0.15, 0.2) is 0 Å². The van der Waals surface area contributed by atoms with Crippen molar-refractivity contribution in [1.82, 2.24) is 0 Å². The lowest BCUT2D eigenvalue weighted by Gasteiger charge is -2.11. The van der Waals surface area contributed by atoms with Gasteiger partial charge in [-0.1, -0.05) is 32.4 Å². The minimum absolute atomic E-state index is 0.359. The van der Waals surface area contributed by atoms with Gasteiger partial charge in [0.1, 0.15) is 0 Å². The molecule has 0 saturated heterocycles. The second-order valence-electron chi connectivity index (χ2n) is 3.49. The zero-order valence-corrected chi connectivity index (χ0v) is 9.34. The molecule has 0 aliphatic heterocycles. The summed E-state index contributed by atoms with van der Waals surface area (Å²) in [6.07, 6.45) is 2.29. The highest BCUT2D eigenvalue weighted by Gasteiger charge is 2.03. The second-order valence-corrected chi connectivity index (χ2v) is 4.43. The summed E-state index contributed by atoms with van der Waals surface area (Å²) in [6.45, 7) is 4.31. The van der Waals surface area contributed by atoms with Crippen LogP contribution in [0.3, 0.4) is 0 Å². The Morgan fingerprint density at radius 3 is 2.36 bits per heavy atom. The van der Waals surface area contributed by atoms with E-state index in [4.69, 9.17) is 0 Å². The Balaban J connectivity index is 2.77. The highest BCUT2D eigenvalue weighted by molar-refractivity contribution is 7.79. The lowest BCUT2D eigenvalue weighted by molar-refractivity contribution is 0.537. The summed E-state index contributed by atoms with van der Waals surface area (Å²) in [5.41, 5.74) is 1.21. The van der Waals surface area contributed by atoms with Crippen molar-refractivity contribution in [2.45, 2.75) is 37.5 Å². The summed E-state index contributed by atoms with van der Waals surface area (Å²) in [5, 5.41) is 0. The van der Waals surface area contributed by atoms with Crippen molar-refractivity contribution in [3.63, 3.8) is 0 Å². The van der Waals surface area contributed by atoms with E-state index >= 15 is 0 Å². The van der Waals surface area contributed by atoms with Gasteiger partial charge in [-0.15, -0.1) is 0 Å². The summed E-state index contributed by atoms with van der Waals surface area (Å²) < 4.78 is 21.2. The van der Waals surface area contributed by atoms with Crippen LogP contribution in [0.25, 0.3) is 0 Å². The molecular weight excluding hydrogens is 196 g/mol. The maximum absolute atomic E-state index is 10.6. The van der Waals surface area contributed by atoms with E-state index in [2.05, 4.69) is 13.8 Å². The summed E-state index contributed by atoms with van der Waals surface area (Å²) in [6, 6.07) is 7.10. The van der Waals surface area contributed by atoms with Crippen LogP contribution in [0.1, 0.15) is 38.2 Å². The first kappa shape index (κ1) is 11.4. The van der Waals surface area contributed by atoms with Crippen LogP contribution in [0, 0.1) is 0 Å². The van der Waals surface area contributed by atoms with Crippen LogP contribution in [0.15, 0.2) is 29.2 Å². The molecule has 0 fully saturated rings. The van der Waals surface area contributed by atoms with Crippen LogP contribution >= 0.6 is 0 Å². The molecule has 2 nitrogen and oxygen atoms in total. The fraction of sp³-hybridized carbons (Fsp3) is 0.455. The van der Waals surface area contributed by atoms with Crippen molar-refractivity contribution in [2.75, 3.05) is 0 Å². The largest absolute Gasteiger partial charge is 0.768 e. The molecule has 0 saturated carbocycles. The third kappa shape index (κ3) is 2.93. The van der Waals surface area contributed by atoms with Crippen LogP contribution in [-0.4, -0.2) is 8.76 Å². The number of hydrogen-bond donors (Lipinski definition) is 0. The van der Waals surface area contributed by atoms with Crippen molar-refractivity contribution >= 4 is 11.1 Å². The van der Waals surface area contributed by atoms with Gasteiger partial charge in [0.2, 0.25) is 0 Å². The first-order valence-corrected chi connectivity index (χ1v) is 5.92. The van der Waals surface area contributed by atoms with Gasteiger partial charge in [-0.25, -0.2) is 0 Å². The lowest BCUT2D eigenvalue weighted by Crippen LogP contribution is -1.94. The fourth-order valence-corrected chi connectivity index (χ4v) is 1.87. The summed E-state index contributed by atoms with van der Waals surface area (Å²) in [5.74, 6) is 0.508. The zero-order chi connectivity index (χ0) is 10.6. The lowest BCUT2D eigenvalue weighted by atomic mass is 9.97. The Morgan fingerprint density at radius 2 is 1.93 bits per heavy atom. The first-order valence-electron chi connectivity index (χ1n) is 4.84. The minimum atomic E-state index is -2.10. The molecular formula is C11H15O2S-. The maximum Gasteiger partial charge on any atom is 0.0248 e. The topological polar surface area (TPSA) is 40.1 Å². The molecule has 0 amide bonds. The van der Waals surface area contributed by atoms with E-state index in [0.29, 0.717) is 10.8 Å². The second kappa shape index (κ2) is 5.27. The molecule has 78 valence electrons. The van der Waals surface area contributed by atoms with Crippen LogP contribution in [-0.2, 0) is 11.1 Å². The van der Waals surface area contributed by atoms with E-state index in [0.717, 1.165) is 12.8 Å². The SMILES string of the molecule is CCCC(C)c1ccc(S(=O)[O-])cc1. The Hall–Kier alpha value is -0.670. The van der Waals surface area contributed by atoms with Gasteiger partial charge in [0.25, 0.3) is 0 Å². The Morgan fingerprint density at radius 1 is 1.36 bits per heavy atom. The van der Waals surface area contributed by atoms with Crippen LogP contribution < -0.4 is 0 Å². The van der Waals surface area contributed by atoms with Gasteiger partial charge >= 0.3 is 0 Å². The monoisotopic (exact) mass is 211 g/mol. The van der Waals surface area contributed by atoms with Crippen LogP contribution in [0.5, 0.6) is 0 Å². The van der Waals surface area contributed by atoms with Gasteiger partial charge in [-0.2, -0.15) is 0 Å². The summed E-state index contributed by atoms with van der Waals surface area (Å²) >= 11 is -2.10. The smallest absolute Gasteiger partial charge is 0.0248 e. The molecule has 1 rings (SSSR count). The average Bonchev–Trinajstić information content (AvgIpc) is 2.18. The van der Waals surface area contributed by atoms with Crippen molar-refractivity contribution in [2.24, 2.45) is 0 Å². The molecule has 0 heterocycles. The standard InChI is InChI=1S/C11H16O2S/c1-3-4-9(2)10-5-7-11(8-6-10)14(12)13/h5-9H,3-4H2,1-2H3,(H,12,13)/p-1. The van der Waals surface area contributed by atoms with Crippen molar-refractivity contribution in [3.8, 4) is 0 Å². The first-order chi connectivity index (χ1) is 6.65.